The van der Waals surface area contributed by atoms with Crippen LogP contribution in [0.15, 0.2) is 36.4 Å². The monoisotopic (exact) mass is 582 g/mol. The summed E-state index contributed by atoms with van der Waals surface area (Å²) in [4.78, 5) is 28.5. The standard InChI is InChI=1S/C27H36Cl2N4O4S/c1-18-10-11-19(2)25(14-18)33(38(36,37)31(4)5)17-26(34)32(16-21-12-13-22(28)15-24(21)29)20(3)27(35)30-23-8-6-7-9-23/h10-15,20,23H,6-9,16-17H2,1-5H3,(H,30,35). The maximum absolute atomic E-state index is 13.9. The van der Waals surface area contributed by atoms with Gasteiger partial charge in [-0.25, -0.2) is 4.31 Å². The second kappa shape index (κ2) is 12.7. The fraction of sp³-hybridized carbons (Fsp3) is 0.481. The van der Waals surface area contributed by atoms with Gasteiger partial charge < -0.3 is 10.2 Å². The molecule has 3 rings (SSSR count). The number of carbonyl (C=O) groups is 2. The van der Waals surface area contributed by atoms with E-state index in [-0.39, 0.29) is 18.5 Å². The molecular weight excluding hydrogens is 547 g/mol. The van der Waals surface area contributed by atoms with Crippen LogP contribution in [0.2, 0.25) is 10.0 Å². The summed E-state index contributed by atoms with van der Waals surface area (Å²) >= 11 is 12.5. The van der Waals surface area contributed by atoms with Gasteiger partial charge in [0.25, 0.3) is 0 Å². The molecule has 2 amide bonds. The Labute approximate surface area is 236 Å². The number of anilines is 1. The molecule has 1 saturated carbocycles. The molecule has 1 aliphatic rings. The van der Waals surface area contributed by atoms with Crippen LogP contribution in [-0.4, -0.2) is 62.2 Å². The third-order valence-corrected chi connectivity index (χ3v) is 9.27. The van der Waals surface area contributed by atoms with Crippen molar-refractivity contribution in [2.45, 2.75) is 65.1 Å². The highest BCUT2D eigenvalue weighted by Crippen LogP contribution is 2.27. The number of nitrogens with one attached hydrogen (secondary N) is 1. The average molecular weight is 584 g/mol. The van der Waals surface area contributed by atoms with E-state index < -0.39 is 28.7 Å². The first kappa shape index (κ1) is 30.2. The third-order valence-electron chi connectivity index (χ3n) is 6.88. The molecule has 0 saturated heterocycles. The highest BCUT2D eigenvalue weighted by molar-refractivity contribution is 7.90. The summed E-state index contributed by atoms with van der Waals surface area (Å²) < 4.78 is 29.0. The van der Waals surface area contributed by atoms with Gasteiger partial charge in [-0.05, 0) is 68.5 Å². The Morgan fingerprint density at radius 2 is 1.71 bits per heavy atom. The van der Waals surface area contributed by atoms with Crippen molar-refractivity contribution >= 4 is 50.9 Å². The van der Waals surface area contributed by atoms with Gasteiger partial charge in [0, 0.05) is 36.7 Å². The number of amides is 2. The number of carbonyl (C=O) groups excluding carboxylic acids is 2. The highest BCUT2D eigenvalue weighted by atomic mass is 35.5. The van der Waals surface area contributed by atoms with E-state index in [1.165, 1.54) is 19.0 Å². The predicted octanol–water partition coefficient (Wildman–Crippen LogP) is 4.70. The van der Waals surface area contributed by atoms with E-state index in [0.29, 0.717) is 26.9 Å². The number of benzene rings is 2. The molecule has 208 valence electrons. The van der Waals surface area contributed by atoms with Gasteiger partial charge in [-0.15, -0.1) is 0 Å². The fourth-order valence-electron chi connectivity index (χ4n) is 4.50. The van der Waals surface area contributed by atoms with Crippen molar-refractivity contribution in [3.63, 3.8) is 0 Å². The van der Waals surface area contributed by atoms with Gasteiger partial charge in [-0.1, -0.05) is 54.2 Å². The van der Waals surface area contributed by atoms with Crippen LogP contribution < -0.4 is 9.62 Å². The second-order valence-corrected chi connectivity index (χ2v) is 12.9. The van der Waals surface area contributed by atoms with Crippen LogP contribution in [0.4, 0.5) is 5.69 Å². The molecule has 2 aromatic carbocycles. The van der Waals surface area contributed by atoms with Crippen LogP contribution in [0.25, 0.3) is 0 Å². The van der Waals surface area contributed by atoms with E-state index in [1.54, 1.807) is 38.1 Å². The Morgan fingerprint density at radius 3 is 2.32 bits per heavy atom. The second-order valence-electron chi connectivity index (χ2n) is 10.0. The molecule has 0 heterocycles. The van der Waals surface area contributed by atoms with E-state index in [0.717, 1.165) is 39.9 Å². The van der Waals surface area contributed by atoms with E-state index in [4.69, 9.17) is 23.2 Å². The average Bonchev–Trinajstić information content (AvgIpc) is 3.36. The third kappa shape index (κ3) is 7.20. The zero-order valence-corrected chi connectivity index (χ0v) is 24.8. The van der Waals surface area contributed by atoms with Crippen molar-refractivity contribution in [1.82, 2.24) is 14.5 Å². The van der Waals surface area contributed by atoms with Gasteiger partial charge in [-0.2, -0.15) is 12.7 Å². The molecular formula is C27H36Cl2N4O4S. The van der Waals surface area contributed by atoms with Gasteiger partial charge in [-0.3, -0.25) is 9.59 Å². The molecule has 0 bridgehead atoms. The quantitative estimate of drug-likeness (QED) is 0.439. The van der Waals surface area contributed by atoms with Gasteiger partial charge in [0.1, 0.15) is 12.6 Å². The zero-order chi connectivity index (χ0) is 28.2. The summed E-state index contributed by atoms with van der Waals surface area (Å²) in [5, 5.41) is 3.85. The molecule has 1 fully saturated rings. The van der Waals surface area contributed by atoms with Crippen molar-refractivity contribution in [3.05, 3.63) is 63.1 Å². The first-order valence-corrected chi connectivity index (χ1v) is 14.8. The van der Waals surface area contributed by atoms with Crippen LogP contribution in [0.5, 0.6) is 0 Å². The molecule has 2 aromatic rings. The Bertz CT molecular complexity index is 1280. The normalized spacial score (nSPS) is 14.9. The lowest BCUT2D eigenvalue weighted by atomic mass is 10.1. The molecule has 11 heteroatoms. The molecule has 38 heavy (non-hydrogen) atoms. The van der Waals surface area contributed by atoms with Crippen molar-refractivity contribution in [2.75, 3.05) is 24.9 Å². The van der Waals surface area contributed by atoms with Gasteiger partial charge in [0.2, 0.25) is 11.8 Å². The summed E-state index contributed by atoms with van der Waals surface area (Å²) in [7, 11) is -1.20. The molecule has 0 aromatic heterocycles. The summed E-state index contributed by atoms with van der Waals surface area (Å²) in [5.41, 5.74) is 2.55. The van der Waals surface area contributed by atoms with E-state index in [2.05, 4.69) is 5.32 Å². The van der Waals surface area contributed by atoms with E-state index in [9.17, 15) is 18.0 Å². The van der Waals surface area contributed by atoms with Crippen LogP contribution in [0.1, 0.15) is 49.3 Å². The number of rotatable bonds is 10. The van der Waals surface area contributed by atoms with E-state index in [1.807, 2.05) is 19.1 Å². The maximum Gasteiger partial charge on any atom is 0.304 e. The minimum absolute atomic E-state index is 0.0107. The predicted molar refractivity (Wildman–Crippen MR) is 153 cm³/mol. The lowest BCUT2D eigenvalue weighted by molar-refractivity contribution is -0.139. The van der Waals surface area contributed by atoms with Gasteiger partial charge >= 0.3 is 10.2 Å². The number of halogens is 2. The van der Waals surface area contributed by atoms with Crippen molar-refractivity contribution in [3.8, 4) is 0 Å². The first-order chi connectivity index (χ1) is 17.8. The SMILES string of the molecule is Cc1ccc(C)c(N(CC(=O)N(Cc2ccc(Cl)cc2Cl)C(C)C(=O)NC2CCCC2)S(=O)(=O)N(C)C)c1. The van der Waals surface area contributed by atoms with Crippen molar-refractivity contribution < 1.29 is 18.0 Å². The smallest absolute Gasteiger partial charge is 0.304 e. The van der Waals surface area contributed by atoms with Crippen LogP contribution in [0, 0.1) is 13.8 Å². The molecule has 8 nitrogen and oxygen atoms in total. The Morgan fingerprint density at radius 1 is 1.05 bits per heavy atom. The summed E-state index contributed by atoms with van der Waals surface area (Å²) in [5.74, 6) is -0.819. The summed E-state index contributed by atoms with van der Waals surface area (Å²) in [6.45, 7) is 4.82. The molecule has 1 unspecified atom stereocenters. The molecule has 0 spiro atoms. The van der Waals surface area contributed by atoms with Crippen LogP contribution >= 0.6 is 23.2 Å². The molecule has 0 radical (unpaired) electrons. The molecule has 1 N–H and O–H groups in total. The number of hydrogen-bond donors (Lipinski definition) is 1. The van der Waals surface area contributed by atoms with Gasteiger partial charge in [0.05, 0.1) is 5.69 Å². The number of aryl methyl sites for hydroxylation is 2. The highest BCUT2D eigenvalue weighted by Gasteiger charge is 2.34. The minimum Gasteiger partial charge on any atom is -0.352 e. The fourth-order valence-corrected chi connectivity index (χ4v) is 6.08. The topological polar surface area (TPSA) is 90.0 Å². The lowest BCUT2D eigenvalue weighted by Gasteiger charge is -2.34. The molecule has 1 aliphatic carbocycles. The van der Waals surface area contributed by atoms with Crippen LogP contribution in [0.3, 0.4) is 0 Å². The summed E-state index contributed by atoms with van der Waals surface area (Å²) in [6.07, 6.45) is 3.90. The van der Waals surface area contributed by atoms with Gasteiger partial charge in [0.15, 0.2) is 0 Å². The summed E-state index contributed by atoms with van der Waals surface area (Å²) in [6, 6.07) is 9.57. The lowest BCUT2D eigenvalue weighted by Crippen LogP contribution is -2.53. The molecule has 0 aliphatic heterocycles. The number of hydrogen-bond acceptors (Lipinski definition) is 4. The Kier molecular flexibility index (Phi) is 10.1. The molecule has 1 atom stereocenters. The van der Waals surface area contributed by atoms with Crippen molar-refractivity contribution in [2.24, 2.45) is 0 Å². The Balaban J connectivity index is 1.99. The maximum atomic E-state index is 13.9. The Hall–Kier alpha value is -2.33. The number of nitrogens with zero attached hydrogens (tertiary/aromatic N) is 3. The minimum atomic E-state index is -4.04. The van der Waals surface area contributed by atoms with Crippen molar-refractivity contribution in [1.29, 1.82) is 0 Å². The first-order valence-electron chi connectivity index (χ1n) is 12.6. The largest absolute Gasteiger partial charge is 0.352 e. The zero-order valence-electron chi connectivity index (χ0n) is 22.5. The van der Waals surface area contributed by atoms with Crippen LogP contribution in [-0.2, 0) is 26.3 Å². The van der Waals surface area contributed by atoms with E-state index >= 15 is 0 Å².